The van der Waals surface area contributed by atoms with Gasteiger partial charge in [0.2, 0.25) is 0 Å². The second-order valence-electron chi connectivity index (χ2n) is 5.52. The number of amides is 1. The number of nitrogens with zero attached hydrogens (tertiary/aromatic N) is 2. The van der Waals surface area contributed by atoms with Gasteiger partial charge in [-0.2, -0.15) is 0 Å². The van der Waals surface area contributed by atoms with Crippen LogP contribution >= 0.6 is 0 Å². The fraction of sp³-hybridized carbons (Fsp3) is 0.200. The highest BCUT2D eigenvalue weighted by Crippen LogP contribution is 2.41. The van der Waals surface area contributed by atoms with Gasteiger partial charge in [0, 0.05) is 0 Å². The molecular weight excluding hydrogens is 312 g/mol. The molecule has 0 atom stereocenters. The first-order chi connectivity index (χ1) is 11.5. The summed E-state index contributed by atoms with van der Waals surface area (Å²) in [7, 11) is 0. The van der Waals surface area contributed by atoms with E-state index in [1.54, 1.807) is 12.1 Å². The monoisotopic (exact) mass is 328 g/mol. The minimum absolute atomic E-state index is 0.00826. The summed E-state index contributed by atoms with van der Waals surface area (Å²) in [5.41, 5.74) is 9.29. The van der Waals surface area contributed by atoms with Crippen molar-refractivity contribution >= 4 is 29.1 Å². The van der Waals surface area contributed by atoms with Crippen LogP contribution in [-0.2, 0) is 0 Å². The zero-order valence-corrected chi connectivity index (χ0v) is 12.6. The molecular formula is C15H16N6O3. The Kier molecular flexibility index (Phi) is 4.00. The lowest BCUT2D eigenvalue weighted by Crippen LogP contribution is -2.19. The van der Waals surface area contributed by atoms with Gasteiger partial charge in [0.15, 0.2) is 11.5 Å². The molecule has 0 spiro atoms. The number of aromatic nitrogens is 2. The number of hydrazine groups is 1. The number of carboxylic acid groups (broad SMARTS) is 1. The lowest BCUT2D eigenvalue weighted by Gasteiger charge is -2.11. The number of aromatic carboxylic acids is 1. The summed E-state index contributed by atoms with van der Waals surface area (Å²) in [6, 6.07) is 6.26. The number of carboxylic acids is 1. The van der Waals surface area contributed by atoms with Gasteiger partial charge in [-0.05, 0) is 42.5 Å². The molecule has 3 rings (SSSR count). The number of hydrogen-bond acceptors (Lipinski definition) is 7. The van der Waals surface area contributed by atoms with E-state index in [-0.39, 0.29) is 28.5 Å². The molecule has 0 saturated heterocycles. The molecule has 9 heteroatoms. The average molecular weight is 328 g/mol. The lowest BCUT2D eigenvalue weighted by molar-refractivity contribution is 0.0698. The van der Waals surface area contributed by atoms with Crippen molar-refractivity contribution < 1.29 is 14.7 Å². The van der Waals surface area contributed by atoms with Crippen LogP contribution in [0.5, 0.6) is 0 Å². The zero-order chi connectivity index (χ0) is 17.3. The van der Waals surface area contributed by atoms with Gasteiger partial charge in [0.1, 0.15) is 0 Å². The van der Waals surface area contributed by atoms with Gasteiger partial charge < -0.3 is 21.6 Å². The SMILES string of the molecule is NNc1nnc(C(=O)Nc2cc(C3CC3)ccc2C(=O)O)cc1N. The van der Waals surface area contributed by atoms with Crippen LogP contribution in [-0.4, -0.2) is 27.2 Å². The molecule has 1 amide bonds. The molecule has 7 N–H and O–H groups in total. The van der Waals surface area contributed by atoms with Crippen LogP contribution in [0.15, 0.2) is 24.3 Å². The van der Waals surface area contributed by atoms with Gasteiger partial charge in [0.05, 0.1) is 16.9 Å². The van der Waals surface area contributed by atoms with Crippen molar-refractivity contribution in [2.24, 2.45) is 5.84 Å². The topological polar surface area (TPSA) is 156 Å². The molecule has 1 fully saturated rings. The van der Waals surface area contributed by atoms with Crippen molar-refractivity contribution in [2.45, 2.75) is 18.8 Å². The first-order valence-corrected chi connectivity index (χ1v) is 7.28. The van der Waals surface area contributed by atoms with E-state index in [2.05, 4.69) is 20.9 Å². The van der Waals surface area contributed by atoms with Crippen LogP contribution in [0.4, 0.5) is 17.2 Å². The van der Waals surface area contributed by atoms with E-state index in [1.165, 1.54) is 12.1 Å². The normalized spacial score (nSPS) is 13.4. The molecule has 1 heterocycles. The summed E-state index contributed by atoms with van der Waals surface area (Å²) in [6.07, 6.45) is 2.13. The van der Waals surface area contributed by atoms with Crippen LogP contribution in [0.3, 0.4) is 0 Å². The third-order valence-corrected chi connectivity index (χ3v) is 3.76. The minimum atomic E-state index is -1.12. The van der Waals surface area contributed by atoms with E-state index in [0.29, 0.717) is 5.92 Å². The number of hydrogen-bond donors (Lipinski definition) is 5. The Morgan fingerprint density at radius 3 is 2.54 bits per heavy atom. The van der Waals surface area contributed by atoms with E-state index in [4.69, 9.17) is 11.6 Å². The molecule has 1 aromatic heterocycles. The van der Waals surface area contributed by atoms with Gasteiger partial charge in [-0.1, -0.05) is 6.07 Å². The molecule has 2 aromatic rings. The van der Waals surface area contributed by atoms with Gasteiger partial charge in [-0.15, -0.1) is 10.2 Å². The highest BCUT2D eigenvalue weighted by atomic mass is 16.4. The molecule has 24 heavy (non-hydrogen) atoms. The highest BCUT2D eigenvalue weighted by molar-refractivity contribution is 6.07. The van der Waals surface area contributed by atoms with Crippen molar-refractivity contribution in [1.82, 2.24) is 10.2 Å². The number of nitrogen functional groups attached to an aromatic ring is 2. The minimum Gasteiger partial charge on any atom is -0.478 e. The second-order valence-corrected chi connectivity index (χ2v) is 5.52. The van der Waals surface area contributed by atoms with E-state index < -0.39 is 11.9 Å². The summed E-state index contributed by atoms with van der Waals surface area (Å²) in [4.78, 5) is 23.7. The lowest BCUT2D eigenvalue weighted by atomic mass is 10.1. The van der Waals surface area contributed by atoms with Gasteiger partial charge in [-0.25, -0.2) is 10.6 Å². The fourth-order valence-corrected chi connectivity index (χ4v) is 2.34. The van der Waals surface area contributed by atoms with Crippen molar-refractivity contribution in [1.29, 1.82) is 0 Å². The van der Waals surface area contributed by atoms with Crippen LogP contribution in [0.25, 0.3) is 0 Å². The van der Waals surface area contributed by atoms with Crippen LogP contribution in [0, 0.1) is 0 Å². The van der Waals surface area contributed by atoms with Crippen molar-refractivity contribution in [2.75, 3.05) is 16.5 Å². The van der Waals surface area contributed by atoms with E-state index in [9.17, 15) is 14.7 Å². The third-order valence-electron chi connectivity index (χ3n) is 3.76. The Labute approximate surface area is 137 Å². The van der Waals surface area contributed by atoms with Gasteiger partial charge >= 0.3 is 5.97 Å². The Morgan fingerprint density at radius 2 is 1.96 bits per heavy atom. The summed E-state index contributed by atoms with van der Waals surface area (Å²) in [5.74, 6) is 4.05. The zero-order valence-electron chi connectivity index (χ0n) is 12.6. The molecule has 124 valence electrons. The predicted octanol–water partition coefficient (Wildman–Crippen LogP) is 1.17. The first-order valence-electron chi connectivity index (χ1n) is 7.28. The summed E-state index contributed by atoms with van der Waals surface area (Å²) >= 11 is 0. The quantitative estimate of drug-likeness (QED) is 0.404. The van der Waals surface area contributed by atoms with Crippen molar-refractivity contribution in [3.63, 3.8) is 0 Å². The molecule has 1 aromatic carbocycles. The van der Waals surface area contributed by atoms with Gasteiger partial charge in [0.25, 0.3) is 5.91 Å². The molecule has 0 aliphatic heterocycles. The van der Waals surface area contributed by atoms with E-state index >= 15 is 0 Å². The van der Waals surface area contributed by atoms with Crippen molar-refractivity contribution in [3.05, 3.63) is 41.1 Å². The number of rotatable bonds is 5. The standard InChI is InChI=1S/C15H16N6O3/c16-10-6-12(20-21-13(10)19-17)14(22)18-11-5-8(7-1-2-7)3-4-9(11)15(23)24/h3-7H,1-2,17H2,(H2,16,20)(H,18,22)(H,19,21)(H,23,24). The maximum absolute atomic E-state index is 12.3. The predicted molar refractivity (Wildman–Crippen MR) is 87.6 cm³/mol. The van der Waals surface area contributed by atoms with Crippen LogP contribution < -0.4 is 22.3 Å². The number of nitrogens with one attached hydrogen (secondary N) is 2. The van der Waals surface area contributed by atoms with Crippen LogP contribution in [0.1, 0.15) is 45.2 Å². The Morgan fingerprint density at radius 1 is 1.21 bits per heavy atom. The molecule has 0 radical (unpaired) electrons. The number of anilines is 3. The van der Waals surface area contributed by atoms with Crippen LogP contribution in [0.2, 0.25) is 0 Å². The number of nitrogens with two attached hydrogens (primary N) is 2. The number of carbonyl (C=O) groups is 2. The summed E-state index contributed by atoms with van der Waals surface area (Å²) in [5, 5.41) is 19.3. The molecule has 1 saturated carbocycles. The van der Waals surface area contributed by atoms with E-state index in [1.807, 2.05) is 0 Å². The Hall–Kier alpha value is -3.20. The molecule has 0 bridgehead atoms. The number of benzene rings is 1. The second kappa shape index (κ2) is 6.13. The Bertz CT molecular complexity index is 819. The van der Waals surface area contributed by atoms with Gasteiger partial charge in [-0.3, -0.25) is 4.79 Å². The Balaban J connectivity index is 1.89. The average Bonchev–Trinajstić information content (AvgIpc) is 3.39. The highest BCUT2D eigenvalue weighted by Gasteiger charge is 2.25. The third kappa shape index (κ3) is 3.10. The van der Waals surface area contributed by atoms with E-state index in [0.717, 1.165) is 18.4 Å². The van der Waals surface area contributed by atoms with Crippen molar-refractivity contribution in [3.8, 4) is 0 Å². The summed E-state index contributed by atoms with van der Waals surface area (Å²) < 4.78 is 0. The fourth-order valence-electron chi connectivity index (χ4n) is 2.34. The molecule has 0 unspecified atom stereocenters. The first kappa shape index (κ1) is 15.7. The maximum atomic E-state index is 12.3. The smallest absolute Gasteiger partial charge is 0.337 e. The maximum Gasteiger partial charge on any atom is 0.337 e. The molecule has 9 nitrogen and oxygen atoms in total. The summed E-state index contributed by atoms with van der Waals surface area (Å²) in [6.45, 7) is 0. The number of carbonyl (C=O) groups excluding carboxylic acids is 1. The largest absolute Gasteiger partial charge is 0.478 e. The molecule has 1 aliphatic carbocycles. The molecule has 1 aliphatic rings.